The molecule has 2 rings (SSSR count). The summed E-state index contributed by atoms with van der Waals surface area (Å²) in [4.78, 5) is 11.6. The smallest absolute Gasteiger partial charge is 0.191 e. The Morgan fingerprint density at radius 2 is 1.93 bits per heavy atom. The first-order valence-corrected chi connectivity index (χ1v) is 10.8. The van der Waals surface area contributed by atoms with E-state index in [1.807, 2.05) is 12.4 Å². The molecule has 0 aliphatic carbocycles. The number of nitrogens with one attached hydrogen (secondary N) is 2. The van der Waals surface area contributed by atoms with Crippen molar-refractivity contribution in [3.63, 3.8) is 0 Å². The van der Waals surface area contributed by atoms with E-state index in [1.54, 1.807) is 0 Å². The number of nitrogens with zero attached hydrogens (tertiary/aromatic N) is 4. The first kappa shape index (κ1) is 22.9. The highest BCUT2D eigenvalue weighted by Gasteiger charge is 2.10. The number of hydrogen-bond acceptors (Lipinski definition) is 3. The minimum atomic E-state index is 0.482. The van der Waals surface area contributed by atoms with Gasteiger partial charge in [0.1, 0.15) is 12.4 Å². The van der Waals surface area contributed by atoms with Gasteiger partial charge in [0.25, 0.3) is 0 Å². The van der Waals surface area contributed by atoms with Gasteiger partial charge in [-0.3, -0.25) is 4.90 Å². The highest BCUT2D eigenvalue weighted by molar-refractivity contribution is 5.79. The first-order valence-electron chi connectivity index (χ1n) is 10.8. The third kappa shape index (κ3) is 8.28. The van der Waals surface area contributed by atoms with Crippen LogP contribution < -0.4 is 10.6 Å². The van der Waals surface area contributed by atoms with Crippen LogP contribution in [0.2, 0.25) is 0 Å². The molecule has 1 atom stereocenters. The zero-order valence-electron chi connectivity index (χ0n) is 18.7. The normalized spacial score (nSPS) is 13.1. The summed E-state index contributed by atoms with van der Waals surface area (Å²) < 4.78 is 2.19. The van der Waals surface area contributed by atoms with Gasteiger partial charge in [0.05, 0.1) is 0 Å². The van der Waals surface area contributed by atoms with Gasteiger partial charge in [-0.15, -0.1) is 0 Å². The Morgan fingerprint density at radius 1 is 1.17 bits per heavy atom. The molecule has 2 aromatic rings. The van der Waals surface area contributed by atoms with Crippen molar-refractivity contribution in [2.45, 2.75) is 59.8 Å². The number of aromatic nitrogens is 2. The molecule has 1 aromatic carbocycles. The summed E-state index contributed by atoms with van der Waals surface area (Å²) in [6, 6.07) is 11.1. The highest BCUT2D eigenvalue weighted by atomic mass is 15.2. The Labute approximate surface area is 176 Å². The Balaban J connectivity index is 1.82. The molecule has 0 radical (unpaired) electrons. The Hall–Kier alpha value is -2.34. The van der Waals surface area contributed by atoms with Gasteiger partial charge >= 0.3 is 0 Å². The predicted molar refractivity (Wildman–Crippen MR) is 122 cm³/mol. The third-order valence-electron chi connectivity index (χ3n) is 4.97. The van der Waals surface area contributed by atoms with Crippen LogP contribution in [0.5, 0.6) is 0 Å². The van der Waals surface area contributed by atoms with E-state index >= 15 is 0 Å². The van der Waals surface area contributed by atoms with Crippen molar-refractivity contribution in [2.75, 3.05) is 20.1 Å². The fourth-order valence-electron chi connectivity index (χ4n) is 3.19. The van der Waals surface area contributed by atoms with Gasteiger partial charge < -0.3 is 15.2 Å². The molecule has 29 heavy (non-hydrogen) atoms. The second-order valence-electron chi connectivity index (χ2n) is 8.05. The summed E-state index contributed by atoms with van der Waals surface area (Å²) in [5.74, 6) is 2.45. The summed E-state index contributed by atoms with van der Waals surface area (Å²) >= 11 is 0. The van der Waals surface area contributed by atoms with Crippen LogP contribution >= 0.6 is 0 Å². The topological polar surface area (TPSA) is 57.5 Å². The minimum absolute atomic E-state index is 0.482. The quantitative estimate of drug-likeness (QED) is 0.449. The third-order valence-corrected chi connectivity index (χ3v) is 4.97. The maximum atomic E-state index is 4.73. The minimum Gasteiger partial charge on any atom is -0.357 e. The summed E-state index contributed by atoms with van der Waals surface area (Å²) in [5, 5.41) is 6.80. The molecule has 0 saturated heterocycles. The van der Waals surface area contributed by atoms with E-state index in [2.05, 4.69) is 90.2 Å². The van der Waals surface area contributed by atoms with Gasteiger partial charge in [-0.05, 0) is 38.8 Å². The zero-order chi connectivity index (χ0) is 21.1. The number of guanidine groups is 1. The number of rotatable bonds is 11. The van der Waals surface area contributed by atoms with Crippen molar-refractivity contribution >= 4 is 5.96 Å². The second kappa shape index (κ2) is 12.3. The molecule has 1 unspecified atom stereocenters. The van der Waals surface area contributed by atoms with E-state index in [4.69, 9.17) is 4.99 Å². The molecule has 0 saturated carbocycles. The molecule has 0 fully saturated rings. The van der Waals surface area contributed by atoms with Crippen molar-refractivity contribution in [2.24, 2.45) is 10.9 Å². The van der Waals surface area contributed by atoms with Crippen molar-refractivity contribution in [3.8, 4) is 0 Å². The van der Waals surface area contributed by atoms with Gasteiger partial charge in [0.15, 0.2) is 5.96 Å². The summed E-state index contributed by atoms with van der Waals surface area (Å²) in [7, 11) is 2.19. The van der Waals surface area contributed by atoms with Crippen molar-refractivity contribution in [1.29, 1.82) is 0 Å². The standard InChI is InChI=1S/C23H38N6/c1-6-24-23(27-16-22-25-14-15-29(22)17-19(2)3)26-13-12-20(4)28(5)18-21-10-8-7-9-11-21/h7-11,14-15,19-20H,6,12-13,16-18H2,1-5H3,(H2,24,26,27). The van der Waals surface area contributed by atoms with Gasteiger partial charge in [-0.1, -0.05) is 44.2 Å². The van der Waals surface area contributed by atoms with Crippen molar-refractivity contribution in [1.82, 2.24) is 25.1 Å². The summed E-state index contributed by atoms with van der Waals surface area (Å²) in [5.41, 5.74) is 1.35. The predicted octanol–water partition coefficient (Wildman–Crippen LogP) is 3.50. The molecule has 160 valence electrons. The van der Waals surface area contributed by atoms with Crippen LogP contribution in [0.15, 0.2) is 47.7 Å². The molecular weight excluding hydrogens is 360 g/mol. The van der Waals surface area contributed by atoms with Gasteiger partial charge in [-0.25, -0.2) is 9.98 Å². The van der Waals surface area contributed by atoms with Crippen molar-refractivity contribution in [3.05, 3.63) is 54.1 Å². The van der Waals surface area contributed by atoms with Gasteiger partial charge in [0.2, 0.25) is 0 Å². The van der Waals surface area contributed by atoms with Crippen LogP contribution in [0.25, 0.3) is 0 Å². The highest BCUT2D eigenvalue weighted by Crippen LogP contribution is 2.08. The number of aliphatic imine (C=N–C) groups is 1. The fourth-order valence-corrected chi connectivity index (χ4v) is 3.19. The van der Waals surface area contributed by atoms with Crippen LogP contribution in [0.1, 0.15) is 45.5 Å². The van der Waals surface area contributed by atoms with Crippen molar-refractivity contribution < 1.29 is 0 Å². The molecule has 0 aliphatic heterocycles. The van der Waals surface area contributed by atoms with E-state index in [9.17, 15) is 0 Å². The molecule has 0 spiro atoms. The van der Waals surface area contributed by atoms with E-state index < -0.39 is 0 Å². The Morgan fingerprint density at radius 3 is 2.62 bits per heavy atom. The molecule has 6 nitrogen and oxygen atoms in total. The van der Waals surface area contributed by atoms with E-state index in [0.717, 1.165) is 44.4 Å². The van der Waals surface area contributed by atoms with Gasteiger partial charge in [0, 0.05) is 44.6 Å². The first-order chi connectivity index (χ1) is 14.0. The lowest BCUT2D eigenvalue weighted by Crippen LogP contribution is -2.40. The SMILES string of the molecule is CCNC(=NCc1nccn1CC(C)C)NCCC(C)N(C)Cc1ccccc1. The second-order valence-corrected chi connectivity index (χ2v) is 8.05. The molecule has 0 bridgehead atoms. The fraction of sp³-hybridized carbons (Fsp3) is 0.565. The summed E-state index contributed by atoms with van der Waals surface area (Å²) in [6.07, 6.45) is 4.95. The molecule has 0 aliphatic rings. The largest absolute Gasteiger partial charge is 0.357 e. The lowest BCUT2D eigenvalue weighted by molar-refractivity contribution is 0.238. The average Bonchev–Trinajstić information content (AvgIpc) is 3.13. The van der Waals surface area contributed by atoms with E-state index in [1.165, 1.54) is 5.56 Å². The van der Waals surface area contributed by atoms with Crippen LogP contribution in [0.3, 0.4) is 0 Å². The summed E-state index contributed by atoms with van der Waals surface area (Å²) in [6.45, 7) is 13.0. The van der Waals surface area contributed by atoms with E-state index in [0.29, 0.717) is 18.5 Å². The van der Waals surface area contributed by atoms with E-state index in [-0.39, 0.29) is 0 Å². The lowest BCUT2D eigenvalue weighted by atomic mass is 10.1. The lowest BCUT2D eigenvalue weighted by Gasteiger charge is -2.25. The molecule has 2 N–H and O–H groups in total. The molecule has 0 amide bonds. The molecule has 6 heteroatoms. The Kier molecular flexibility index (Phi) is 9.71. The zero-order valence-corrected chi connectivity index (χ0v) is 18.7. The number of hydrogen-bond donors (Lipinski definition) is 2. The Bertz CT molecular complexity index is 722. The monoisotopic (exact) mass is 398 g/mol. The maximum absolute atomic E-state index is 4.73. The molecule has 1 heterocycles. The van der Waals surface area contributed by atoms with Crippen LogP contribution in [-0.2, 0) is 19.6 Å². The number of imidazole rings is 1. The average molecular weight is 399 g/mol. The van der Waals surface area contributed by atoms with Crippen LogP contribution in [0, 0.1) is 5.92 Å². The van der Waals surface area contributed by atoms with Crippen LogP contribution in [-0.4, -0.2) is 46.6 Å². The molecule has 1 aromatic heterocycles. The van der Waals surface area contributed by atoms with Crippen LogP contribution in [0.4, 0.5) is 0 Å². The maximum Gasteiger partial charge on any atom is 0.191 e. The number of benzene rings is 1. The molecular formula is C23H38N6. The van der Waals surface area contributed by atoms with Gasteiger partial charge in [-0.2, -0.15) is 0 Å².